The maximum atomic E-state index is 9.45. The van der Waals surface area contributed by atoms with Crippen LogP contribution in [0.3, 0.4) is 0 Å². The van der Waals surface area contributed by atoms with Crippen LogP contribution in [0.1, 0.15) is 26.3 Å². The van der Waals surface area contributed by atoms with Crippen LogP contribution in [0.25, 0.3) is 0 Å². The molecule has 0 saturated carbocycles. The maximum absolute atomic E-state index is 9.45. The zero-order valence-electron chi connectivity index (χ0n) is 9.54. The Morgan fingerprint density at radius 2 is 1.93 bits per heavy atom. The van der Waals surface area contributed by atoms with Crippen molar-refractivity contribution >= 4 is 12.4 Å². The Balaban J connectivity index is 2.84. The highest BCUT2D eigenvalue weighted by molar-refractivity contribution is 6.64. The molecule has 1 N–H and O–H groups in total. The van der Waals surface area contributed by atoms with Gasteiger partial charge in [0.25, 0.3) is 0 Å². The lowest BCUT2D eigenvalue weighted by Gasteiger charge is -2.18. The minimum Gasteiger partial charge on any atom is -0.447 e. The van der Waals surface area contributed by atoms with Crippen LogP contribution >= 0.6 is 0 Å². The van der Waals surface area contributed by atoms with E-state index in [9.17, 15) is 5.02 Å². The van der Waals surface area contributed by atoms with Crippen molar-refractivity contribution in [2.24, 2.45) is 5.41 Å². The molecular weight excluding hydrogens is 171 g/mol. The van der Waals surface area contributed by atoms with Gasteiger partial charge in [-0.3, -0.25) is 0 Å². The van der Waals surface area contributed by atoms with Gasteiger partial charge in [0.15, 0.2) is 0 Å². The van der Waals surface area contributed by atoms with Gasteiger partial charge in [-0.05, 0) is 22.9 Å². The highest BCUT2D eigenvalue weighted by Gasteiger charge is 2.12. The van der Waals surface area contributed by atoms with Gasteiger partial charge in [-0.1, -0.05) is 51.9 Å². The Morgan fingerprint density at radius 1 is 1.29 bits per heavy atom. The average Bonchev–Trinajstić information content (AvgIpc) is 2.01. The Bertz CT molecular complexity index is 299. The first-order valence-electron chi connectivity index (χ1n) is 5.15. The maximum Gasteiger partial charge on any atom is 0.320 e. The minimum absolute atomic E-state index is 0.303. The summed E-state index contributed by atoms with van der Waals surface area (Å²) >= 11 is 0. The summed E-state index contributed by atoms with van der Waals surface area (Å²) in [6.45, 7) is 8.11. The van der Waals surface area contributed by atoms with Gasteiger partial charge in [-0.15, -0.1) is 0 Å². The molecule has 1 aromatic rings. The van der Waals surface area contributed by atoms with E-state index in [-0.39, 0.29) is 6.92 Å². The van der Waals surface area contributed by atoms with Gasteiger partial charge in [-0.25, -0.2) is 0 Å². The topological polar surface area (TPSA) is 20.2 Å². The van der Waals surface area contributed by atoms with Crippen molar-refractivity contribution in [2.75, 3.05) is 0 Å². The van der Waals surface area contributed by atoms with Crippen LogP contribution in [-0.2, 0) is 6.42 Å². The smallest absolute Gasteiger partial charge is 0.320 e. The summed E-state index contributed by atoms with van der Waals surface area (Å²) < 4.78 is 0. The van der Waals surface area contributed by atoms with Gasteiger partial charge in [0, 0.05) is 0 Å². The fourth-order valence-electron chi connectivity index (χ4n) is 1.58. The molecule has 1 nitrogen and oxygen atoms in total. The van der Waals surface area contributed by atoms with Crippen LogP contribution in [0.5, 0.6) is 0 Å². The zero-order valence-corrected chi connectivity index (χ0v) is 9.54. The van der Waals surface area contributed by atoms with E-state index in [1.165, 1.54) is 5.56 Å². The van der Waals surface area contributed by atoms with Crippen molar-refractivity contribution in [1.29, 1.82) is 0 Å². The van der Waals surface area contributed by atoms with Crippen molar-refractivity contribution in [1.82, 2.24) is 0 Å². The molecule has 1 aromatic carbocycles. The van der Waals surface area contributed by atoms with Crippen LogP contribution in [0.4, 0.5) is 0 Å². The first kappa shape index (κ1) is 11.3. The fourth-order valence-corrected chi connectivity index (χ4v) is 1.58. The lowest BCUT2D eigenvalue weighted by molar-refractivity contribution is 0.411. The van der Waals surface area contributed by atoms with Gasteiger partial charge in [0.05, 0.1) is 0 Å². The molecule has 1 rings (SSSR count). The summed E-state index contributed by atoms with van der Waals surface area (Å²) in [5, 5.41) is 9.45. The van der Waals surface area contributed by atoms with Crippen LogP contribution in [0, 0.1) is 5.41 Å². The highest BCUT2D eigenvalue weighted by Crippen LogP contribution is 2.19. The molecule has 0 spiro atoms. The Hall–Kier alpha value is -0.755. The summed E-state index contributed by atoms with van der Waals surface area (Å²) in [6.07, 6.45) is 1.05. The number of rotatable bonds is 2. The van der Waals surface area contributed by atoms with Crippen molar-refractivity contribution in [2.45, 2.75) is 34.0 Å². The normalized spacial score (nSPS) is 11.5. The highest BCUT2D eigenvalue weighted by atomic mass is 16.2. The zero-order chi connectivity index (χ0) is 10.8. The van der Waals surface area contributed by atoms with E-state index in [0.29, 0.717) is 5.41 Å². The van der Waals surface area contributed by atoms with E-state index in [1.807, 2.05) is 12.1 Å². The summed E-state index contributed by atoms with van der Waals surface area (Å²) in [4.78, 5) is 0. The molecule has 0 unspecified atom stereocenters. The Kier molecular flexibility index (Phi) is 3.38. The third-order valence-corrected chi connectivity index (χ3v) is 2.17. The third-order valence-electron chi connectivity index (χ3n) is 2.17. The molecule has 0 saturated heterocycles. The predicted molar refractivity (Wildman–Crippen MR) is 63.1 cm³/mol. The molecule has 0 aliphatic heterocycles. The van der Waals surface area contributed by atoms with E-state index in [0.717, 1.165) is 11.9 Å². The van der Waals surface area contributed by atoms with E-state index < -0.39 is 0 Å². The van der Waals surface area contributed by atoms with E-state index in [1.54, 1.807) is 6.82 Å². The van der Waals surface area contributed by atoms with E-state index in [4.69, 9.17) is 0 Å². The monoisotopic (exact) mass is 190 g/mol. The SMILES string of the molecule is CB(O)c1cccc(CC(C)(C)C)c1. The van der Waals surface area contributed by atoms with Crippen LogP contribution in [0.15, 0.2) is 24.3 Å². The van der Waals surface area contributed by atoms with Crippen LogP contribution in [-0.4, -0.2) is 11.9 Å². The van der Waals surface area contributed by atoms with Crippen LogP contribution < -0.4 is 5.46 Å². The van der Waals surface area contributed by atoms with Gasteiger partial charge in [0.1, 0.15) is 0 Å². The Morgan fingerprint density at radius 3 is 2.43 bits per heavy atom. The summed E-state index contributed by atoms with van der Waals surface area (Å²) in [5.74, 6) is 0. The first-order valence-corrected chi connectivity index (χ1v) is 5.15. The molecule has 0 fully saturated rings. The lowest BCUT2D eigenvalue weighted by Crippen LogP contribution is -2.26. The molecule has 2 heteroatoms. The summed E-state index contributed by atoms with van der Waals surface area (Å²) in [5.41, 5.74) is 2.61. The average molecular weight is 190 g/mol. The van der Waals surface area contributed by atoms with Gasteiger partial charge in [0.2, 0.25) is 0 Å². The van der Waals surface area contributed by atoms with E-state index in [2.05, 4.69) is 32.9 Å². The molecule has 0 bridgehead atoms. The summed E-state index contributed by atoms with van der Waals surface area (Å²) in [6, 6.07) is 8.20. The second-order valence-electron chi connectivity index (χ2n) is 5.16. The molecular formula is C12H19BO. The van der Waals surface area contributed by atoms with Crippen LogP contribution in [0.2, 0.25) is 6.82 Å². The molecule has 76 valence electrons. The molecule has 0 atom stereocenters. The molecule has 0 aliphatic rings. The summed E-state index contributed by atoms with van der Waals surface area (Å²) in [7, 11) is 0. The molecule has 0 heterocycles. The second-order valence-corrected chi connectivity index (χ2v) is 5.16. The second kappa shape index (κ2) is 4.18. The number of hydrogen-bond acceptors (Lipinski definition) is 1. The molecule has 0 aromatic heterocycles. The van der Waals surface area contributed by atoms with Gasteiger partial charge in [-0.2, -0.15) is 0 Å². The van der Waals surface area contributed by atoms with Crippen molar-refractivity contribution in [3.05, 3.63) is 29.8 Å². The van der Waals surface area contributed by atoms with Gasteiger partial charge < -0.3 is 5.02 Å². The molecule has 0 amide bonds. The molecule has 0 aliphatic carbocycles. The van der Waals surface area contributed by atoms with Crippen molar-refractivity contribution < 1.29 is 5.02 Å². The Labute approximate surface area is 87.3 Å². The van der Waals surface area contributed by atoms with E-state index >= 15 is 0 Å². The number of hydrogen-bond donors (Lipinski definition) is 1. The lowest BCUT2D eigenvalue weighted by atomic mass is 9.64. The third kappa shape index (κ3) is 3.55. The predicted octanol–water partition coefficient (Wildman–Crippen LogP) is 2.10. The quantitative estimate of drug-likeness (QED) is 0.708. The molecule has 0 radical (unpaired) electrons. The largest absolute Gasteiger partial charge is 0.447 e. The number of benzene rings is 1. The van der Waals surface area contributed by atoms with Gasteiger partial charge >= 0.3 is 6.92 Å². The van der Waals surface area contributed by atoms with Crippen molar-refractivity contribution in [3.8, 4) is 0 Å². The molecule has 14 heavy (non-hydrogen) atoms. The van der Waals surface area contributed by atoms with Crippen molar-refractivity contribution in [3.63, 3.8) is 0 Å². The first-order chi connectivity index (χ1) is 6.38. The minimum atomic E-state index is -0.366. The standard InChI is InChI=1S/C12H19BO/c1-12(2,3)9-10-6-5-7-11(8-10)13(4)14/h5-8,14H,9H2,1-4H3. The fraction of sp³-hybridized carbons (Fsp3) is 0.500.